The monoisotopic (exact) mass is 336 g/mol. The van der Waals surface area contributed by atoms with Gasteiger partial charge in [-0.05, 0) is 0 Å². The van der Waals surface area contributed by atoms with Crippen molar-refractivity contribution in [2.75, 3.05) is 31.7 Å². The Hall–Kier alpha value is -2.68. The number of methoxy groups -OCH3 is 1. The standard InChI is InChI=1S/C15H17FN4O4/c1-18-8-10(7-17-18)15-9-19(3-4-24-15)12-6-14(23-2)13(20(21)22)5-11(12)16/h5-8,15H,3-4,9H2,1-2H3. The third-order valence-corrected chi connectivity index (χ3v) is 3.95. The average Bonchev–Trinajstić information content (AvgIpc) is 3.01. The van der Waals surface area contributed by atoms with Gasteiger partial charge in [-0.15, -0.1) is 0 Å². The third-order valence-electron chi connectivity index (χ3n) is 3.95. The van der Waals surface area contributed by atoms with Gasteiger partial charge in [-0.3, -0.25) is 14.8 Å². The molecule has 9 heteroatoms. The van der Waals surface area contributed by atoms with Crippen LogP contribution in [0.4, 0.5) is 15.8 Å². The van der Waals surface area contributed by atoms with Crippen LogP contribution < -0.4 is 9.64 Å². The van der Waals surface area contributed by atoms with Gasteiger partial charge in [0.25, 0.3) is 0 Å². The van der Waals surface area contributed by atoms with Crippen LogP contribution in [0.15, 0.2) is 24.5 Å². The Bertz CT molecular complexity index is 764. The normalized spacial score (nSPS) is 17.8. The molecule has 1 aliphatic heterocycles. The molecule has 0 saturated carbocycles. The van der Waals surface area contributed by atoms with E-state index in [-0.39, 0.29) is 17.5 Å². The van der Waals surface area contributed by atoms with E-state index in [0.717, 1.165) is 11.6 Å². The molecule has 1 atom stereocenters. The molecule has 1 fully saturated rings. The molecular weight excluding hydrogens is 319 g/mol. The van der Waals surface area contributed by atoms with Crippen LogP contribution in [0.2, 0.25) is 0 Å². The number of benzene rings is 1. The highest BCUT2D eigenvalue weighted by atomic mass is 19.1. The summed E-state index contributed by atoms with van der Waals surface area (Å²) in [5.74, 6) is -0.629. The molecule has 0 aliphatic carbocycles. The van der Waals surface area contributed by atoms with Crippen molar-refractivity contribution in [2.45, 2.75) is 6.10 Å². The lowest BCUT2D eigenvalue weighted by Gasteiger charge is -2.34. The van der Waals surface area contributed by atoms with Crippen LogP contribution >= 0.6 is 0 Å². The zero-order valence-corrected chi connectivity index (χ0v) is 13.3. The molecule has 0 N–H and O–H groups in total. The number of nitrogens with zero attached hydrogens (tertiary/aromatic N) is 4. The largest absolute Gasteiger partial charge is 0.490 e. The number of ether oxygens (including phenoxy) is 2. The minimum atomic E-state index is -0.663. The fourth-order valence-electron chi connectivity index (χ4n) is 2.76. The maximum Gasteiger partial charge on any atom is 0.313 e. The summed E-state index contributed by atoms with van der Waals surface area (Å²) in [6, 6.07) is 2.25. The molecule has 2 heterocycles. The second-order valence-electron chi connectivity index (χ2n) is 5.49. The van der Waals surface area contributed by atoms with E-state index in [1.807, 2.05) is 13.2 Å². The second-order valence-corrected chi connectivity index (χ2v) is 5.49. The van der Waals surface area contributed by atoms with E-state index in [1.54, 1.807) is 15.8 Å². The summed E-state index contributed by atoms with van der Waals surface area (Å²) in [5.41, 5.74) is 0.766. The van der Waals surface area contributed by atoms with Gasteiger partial charge < -0.3 is 14.4 Å². The van der Waals surface area contributed by atoms with Crippen molar-refractivity contribution >= 4 is 11.4 Å². The number of aryl methyl sites for hydroxylation is 1. The maximum atomic E-state index is 14.4. The molecule has 24 heavy (non-hydrogen) atoms. The van der Waals surface area contributed by atoms with Crippen molar-refractivity contribution in [3.05, 3.63) is 46.0 Å². The number of aromatic nitrogens is 2. The lowest BCUT2D eigenvalue weighted by Crippen LogP contribution is -2.38. The van der Waals surface area contributed by atoms with Crippen LogP contribution in [0.25, 0.3) is 0 Å². The Morgan fingerprint density at radius 3 is 2.92 bits per heavy atom. The molecule has 0 radical (unpaired) electrons. The smallest absolute Gasteiger partial charge is 0.313 e. The number of hydrogen-bond donors (Lipinski definition) is 0. The Labute approximate surface area is 137 Å². The first-order valence-electron chi connectivity index (χ1n) is 7.36. The maximum absolute atomic E-state index is 14.4. The number of nitro groups is 1. The fraction of sp³-hybridized carbons (Fsp3) is 0.400. The summed E-state index contributed by atoms with van der Waals surface area (Å²) >= 11 is 0. The van der Waals surface area contributed by atoms with Gasteiger partial charge in [0.15, 0.2) is 11.6 Å². The average molecular weight is 336 g/mol. The zero-order valence-electron chi connectivity index (χ0n) is 13.3. The third kappa shape index (κ3) is 3.02. The number of rotatable bonds is 4. The molecule has 1 aliphatic rings. The number of hydrogen-bond acceptors (Lipinski definition) is 6. The Balaban J connectivity index is 1.89. The van der Waals surface area contributed by atoms with Crippen LogP contribution in [0.5, 0.6) is 5.75 Å². The van der Waals surface area contributed by atoms with Gasteiger partial charge in [-0.1, -0.05) is 0 Å². The van der Waals surface area contributed by atoms with Crippen molar-refractivity contribution in [1.29, 1.82) is 0 Å². The van der Waals surface area contributed by atoms with E-state index < -0.39 is 16.4 Å². The van der Waals surface area contributed by atoms with Gasteiger partial charge in [-0.25, -0.2) is 4.39 Å². The van der Waals surface area contributed by atoms with E-state index in [2.05, 4.69) is 5.10 Å². The molecule has 3 rings (SSSR count). The molecular formula is C15H17FN4O4. The van der Waals surface area contributed by atoms with Crippen molar-refractivity contribution < 1.29 is 18.8 Å². The van der Waals surface area contributed by atoms with Gasteiger partial charge in [-0.2, -0.15) is 5.10 Å². The van der Waals surface area contributed by atoms with Crippen LogP contribution in [0.3, 0.4) is 0 Å². The van der Waals surface area contributed by atoms with E-state index >= 15 is 0 Å². The van der Waals surface area contributed by atoms with Crippen LogP contribution in [0, 0.1) is 15.9 Å². The molecule has 128 valence electrons. The Kier molecular flexibility index (Phi) is 4.34. The molecule has 0 spiro atoms. The summed E-state index contributed by atoms with van der Waals surface area (Å²) in [4.78, 5) is 12.1. The van der Waals surface area contributed by atoms with Crippen molar-refractivity contribution in [1.82, 2.24) is 9.78 Å². The summed E-state index contributed by atoms with van der Waals surface area (Å²) < 4.78 is 26.8. The predicted octanol–water partition coefficient (Wildman–Crippen LogP) is 2.05. The van der Waals surface area contributed by atoms with E-state index in [9.17, 15) is 14.5 Å². The topological polar surface area (TPSA) is 82.7 Å². The van der Waals surface area contributed by atoms with Gasteiger partial charge in [0.05, 0.1) is 36.6 Å². The summed E-state index contributed by atoms with van der Waals surface area (Å²) in [6.45, 7) is 1.32. The highest BCUT2D eigenvalue weighted by Gasteiger charge is 2.27. The SMILES string of the molecule is COc1cc(N2CCOC(c3cnn(C)c3)C2)c(F)cc1[N+](=O)[O-]. The summed E-state index contributed by atoms with van der Waals surface area (Å²) in [7, 11) is 3.13. The summed E-state index contributed by atoms with van der Waals surface area (Å²) in [6.07, 6.45) is 3.31. The van der Waals surface area contributed by atoms with E-state index in [4.69, 9.17) is 9.47 Å². The first-order chi connectivity index (χ1) is 11.5. The van der Waals surface area contributed by atoms with Gasteiger partial charge >= 0.3 is 5.69 Å². The van der Waals surface area contributed by atoms with Crippen molar-refractivity contribution in [3.8, 4) is 5.75 Å². The molecule has 8 nitrogen and oxygen atoms in total. The Morgan fingerprint density at radius 2 is 2.29 bits per heavy atom. The first kappa shape index (κ1) is 16.2. The minimum absolute atomic E-state index is 0.0285. The number of nitro benzene ring substituents is 1. The van der Waals surface area contributed by atoms with Crippen molar-refractivity contribution in [2.24, 2.45) is 7.05 Å². The van der Waals surface area contributed by atoms with Crippen LogP contribution in [-0.4, -0.2) is 41.5 Å². The quantitative estimate of drug-likeness (QED) is 0.628. The molecule has 0 amide bonds. The lowest BCUT2D eigenvalue weighted by molar-refractivity contribution is -0.385. The first-order valence-corrected chi connectivity index (χ1v) is 7.36. The van der Waals surface area contributed by atoms with E-state index in [1.165, 1.54) is 13.2 Å². The van der Waals surface area contributed by atoms with Gasteiger partial charge in [0.1, 0.15) is 6.10 Å². The van der Waals surface area contributed by atoms with Crippen LogP contribution in [0.1, 0.15) is 11.7 Å². The minimum Gasteiger partial charge on any atom is -0.490 e. The predicted molar refractivity (Wildman–Crippen MR) is 83.7 cm³/mol. The second kappa shape index (κ2) is 6.44. The van der Waals surface area contributed by atoms with Gasteiger partial charge in [0, 0.05) is 38.0 Å². The molecule has 1 aromatic carbocycles. The Morgan fingerprint density at radius 1 is 1.50 bits per heavy atom. The van der Waals surface area contributed by atoms with Crippen LogP contribution in [-0.2, 0) is 11.8 Å². The van der Waals surface area contributed by atoms with Gasteiger partial charge in [0.2, 0.25) is 0 Å². The number of halogens is 1. The zero-order chi connectivity index (χ0) is 17.3. The molecule has 0 bridgehead atoms. The highest BCUT2D eigenvalue weighted by molar-refractivity contribution is 5.60. The van der Waals surface area contributed by atoms with E-state index in [0.29, 0.717) is 19.7 Å². The molecule has 1 aromatic heterocycles. The fourth-order valence-corrected chi connectivity index (χ4v) is 2.76. The molecule has 2 aromatic rings. The molecule has 1 unspecified atom stereocenters. The van der Waals surface area contributed by atoms with Crippen molar-refractivity contribution in [3.63, 3.8) is 0 Å². The lowest BCUT2D eigenvalue weighted by atomic mass is 10.1. The highest BCUT2D eigenvalue weighted by Crippen LogP contribution is 2.35. The summed E-state index contributed by atoms with van der Waals surface area (Å²) in [5, 5.41) is 15.1. The number of morpholine rings is 1. The number of anilines is 1. The molecule has 1 saturated heterocycles.